The smallest absolute Gasteiger partial charge is 0.412 e. The number of ether oxygens (including phenoxy) is 1. The molecule has 0 spiro atoms. The molecular weight excluding hydrogens is 664 g/mol. The Kier molecular flexibility index (Phi) is 15.2. The Bertz CT molecular complexity index is 1440. The zero-order chi connectivity index (χ0) is 31.9. The number of nitrogens with zero attached hydrogens (tertiary/aromatic N) is 3. The summed E-state index contributed by atoms with van der Waals surface area (Å²) in [5.41, 5.74) is 6.04. The summed E-state index contributed by atoms with van der Waals surface area (Å²) in [4.78, 5) is 34.0. The lowest BCUT2D eigenvalue weighted by Crippen LogP contribution is -2.15. The molecule has 0 radical (unpaired) electrons. The number of nitrogens with one attached hydrogen (secondary N) is 3. The van der Waals surface area contributed by atoms with Gasteiger partial charge in [0.05, 0.1) is 22.2 Å². The van der Waals surface area contributed by atoms with Crippen molar-refractivity contribution in [1.29, 1.82) is 0 Å². The molecular formula is C27H28Cl5N7O4. The second-order valence-corrected chi connectivity index (χ2v) is 10.7. The average molecular weight is 692 g/mol. The van der Waals surface area contributed by atoms with Gasteiger partial charge in [-0.15, -0.1) is 11.6 Å². The Morgan fingerprint density at radius 1 is 1.05 bits per heavy atom. The molecule has 0 bridgehead atoms. The summed E-state index contributed by atoms with van der Waals surface area (Å²) >= 11 is 28.0. The van der Waals surface area contributed by atoms with Crippen molar-refractivity contribution in [2.45, 2.75) is 38.8 Å². The minimum atomic E-state index is -1.14. The van der Waals surface area contributed by atoms with Crippen LogP contribution in [0.3, 0.4) is 0 Å². The molecule has 43 heavy (non-hydrogen) atoms. The van der Waals surface area contributed by atoms with Crippen molar-refractivity contribution in [3.8, 4) is 11.8 Å². The molecule has 11 nitrogen and oxygen atoms in total. The fourth-order valence-electron chi connectivity index (χ4n) is 2.83. The molecule has 2 aromatic carbocycles. The van der Waals surface area contributed by atoms with Crippen molar-refractivity contribution in [3.05, 3.63) is 62.3 Å². The quantitative estimate of drug-likeness (QED) is 0.0963. The largest absolute Gasteiger partial charge is 0.478 e. The number of hydrogen-bond acceptors (Lipinski definition) is 9. The van der Waals surface area contributed by atoms with Crippen LogP contribution in [0.5, 0.6) is 0 Å². The number of aromatic nitrogens is 3. The standard InChI is InChI=1S/C11H9Cl2NO2.C9H14ClN5.C7H5Cl2NO2/c12-6-1-2-7-16-11(15)14-10-5-3-4-9(13)8-10;1-5(2)11-8-13-7(10)14-9(15-8)12-6-3-4-6;8-3-1-4(7(11)12)6(9)5(10)2-3/h3-5,8H,6-7H2,(H,14,15);5-6H,3-4H2,1-2H3,(H2,11,12,13,14,15);1-2H,10H2,(H,11,12). The van der Waals surface area contributed by atoms with E-state index in [2.05, 4.69) is 42.7 Å². The summed E-state index contributed by atoms with van der Waals surface area (Å²) in [5, 5.41) is 18.4. The van der Waals surface area contributed by atoms with Crippen LogP contribution in [0.15, 0.2) is 36.4 Å². The Balaban J connectivity index is 0.000000227. The average Bonchev–Trinajstić information content (AvgIpc) is 3.72. The van der Waals surface area contributed by atoms with E-state index in [0.717, 1.165) is 0 Å². The number of nitrogen functional groups attached to an aromatic ring is 1. The fourth-order valence-corrected chi connectivity index (χ4v) is 3.70. The van der Waals surface area contributed by atoms with Crippen molar-refractivity contribution in [1.82, 2.24) is 15.0 Å². The van der Waals surface area contributed by atoms with Crippen LogP contribution in [0.25, 0.3) is 0 Å². The van der Waals surface area contributed by atoms with Crippen LogP contribution in [0, 0.1) is 11.8 Å². The minimum Gasteiger partial charge on any atom is -0.478 e. The van der Waals surface area contributed by atoms with E-state index in [0.29, 0.717) is 28.6 Å². The molecule has 1 fully saturated rings. The predicted molar refractivity (Wildman–Crippen MR) is 173 cm³/mol. The summed E-state index contributed by atoms with van der Waals surface area (Å²) in [5.74, 6) is 5.29. The summed E-state index contributed by atoms with van der Waals surface area (Å²) in [7, 11) is 0. The molecule has 0 unspecified atom stereocenters. The maximum absolute atomic E-state index is 11.2. The third-order valence-corrected chi connectivity index (χ3v) is 5.95. The molecule has 1 aliphatic carbocycles. The van der Waals surface area contributed by atoms with E-state index in [1.54, 1.807) is 24.3 Å². The van der Waals surface area contributed by atoms with Gasteiger partial charge in [-0.05, 0) is 68.6 Å². The molecule has 3 aromatic rings. The molecule has 0 saturated heterocycles. The number of benzene rings is 2. The van der Waals surface area contributed by atoms with Crippen molar-refractivity contribution in [2.75, 3.05) is 34.2 Å². The first-order valence-electron chi connectivity index (χ1n) is 12.5. The van der Waals surface area contributed by atoms with Gasteiger partial charge < -0.3 is 26.2 Å². The Morgan fingerprint density at radius 3 is 2.35 bits per heavy atom. The van der Waals surface area contributed by atoms with Crippen LogP contribution in [0.4, 0.5) is 28.1 Å². The highest BCUT2D eigenvalue weighted by atomic mass is 35.5. The van der Waals surface area contributed by atoms with E-state index >= 15 is 0 Å². The zero-order valence-electron chi connectivity index (χ0n) is 22.9. The number of hydrogen-bond donors (Lipinski definition) is 5. The van der Waals surface area contributed by atoms with Gasteiger partial charge in [0, 0.05) is 27.8 Å². The van der Waals surface area contributed by atoms with Gasteiger partial charge in [0.25, 0.3) is 0 Å². The number of alkyl halides is 1. The molecule has 1 saturated carbocycles. The van der Waals surface area contributed by atoms with Crippen LogP contribution in [-0.4, -0.2) is 56.7 Å². The Hall–Kier alpha value is -3.40. The van der Waals surface area contributed by atoms with Crippen LogP contribution in [0.2, 0.25) is 20.4 Å². The van der Waals surface area contributed by atoms with Gasteiger partial charge in [-0.25, -0.2) is 9.59 Å². The summed E-state index contributed by atoms with van der Waals surface area (Å²) < 4.78 is 4.76. The Labute approximate surface area is 273 Å². The third-order valence-electron chi connectivity index (χ3n) is 4.77. The molecule has 1 aromatic heterocycles. The van der Waals surface area contributed by atoms with E-state index in [4.69, 9.17) is 73.6 Å². The summed E-state index contributed by atoms with van der Waals surface area (Å²) in [6, 6.07) is 10.2. The molecule has 6 N–H and O–H groups in total. The van der Waals surface area contributed by atoms with E-state index < -0.39 is 12.1 Å². The van der Waals surface area contributed by atoms with Gasteiger partial charge in [-0.1, -0.05) is 52.7 Å². The molecule has 0 atom stereocenters. The number of halogens is 5. The van der Waals surface area contributed by atoms with E-state index in [-0.39, 0.29) is 45.1 Å². The molecule has 0 aliphatic heterocycles. The van der Waals surface area contributed by atoms with Gasteiger partial charge >= 0.3 is 12.1 Å². The SMILES string of the molecule is CC(C)Nc1nc(Cl)nc(NC2CC2)n1.Nc1cc(Cl)cc(C(=O)O)c1Cl.O=C(Nc1cccc(Cl)c1)OCC#CCCl. The molecule has 1 amide bonds. The maximum atomic E-state index is 11.2. The number of carboxylic acids is 1. The van der Waals surface area contributed by atoms with Gasteiger partial charge in [-0.3, -0.25) is 5.32 Å². The molecule has 16 heteroatoms. The van der Waals surface area contributed by atoms with Crippen molar-refractivity contribution < 1.29 is 19.4 Å². The van der Waals surface area contributed by atoms with Crippen LogP contribution in [0.1, 0.15) is 37.0 Å². The first-order chi connectivity index (χ1) is 20.4. The topological polar surface area (TPSA) is 164 Å². The number of anilines is 4. The van der Waals surface area contributed by atoms with Gasteiger partial charge in [0.15, 0.2) is 6.61 Å². The van der Waals surface area contributed by atoms with Crippen molar-refractivity contribution >= 4 is 93.3 Å². The van der Waals surface area contributed by atoms with Crippen molar-refractivity contribution in [2.24, 2.45) is 0 Å². The maximum Gasteiger partial charge on any atom is 0.412 e. The fraction of sp³-hybridized carbons (Fsp3) is 0.296. The lowest BCUT2D eigenvalue weighted by molar-refractivity contribution is 0.0697. The number of rotatable bonds is 7. The Morgan fingerprint density at radius 2 is 1.74 bits per heavy atom. The van der Waals surface area contributed by atoms with E-state index in [1.165, 1.54) is 25.0 Å². The van der Waals surface area contributed by atoms with Crippen LogP contribution >= 0.6 is 58.0 Å². The lowest BCUT2D eigenvalue weighted by Gasteiger charge is -2.09. The molecule has 1 heterocycles. The van der Waals surface area contributed by atoms with Crippen molar-refractivity contribution in [3.63, 3.8) is 0 Å². The number of carbonyl (C=O) groups excluding carboxylic acids is 1. The lowest BCUT2D eigenvalue weighted by atomic mass is 10.2. The number of aromatic carboxylic acids is 1. The second-order valence-electron chi connectivity index (χ2n) is 8.83. The first-order valence-corrected chi connectivity index (χ1v) is 14.6. The van der Waals surface area contributed by atoms with E-state index in [1.807, 2.05) is 13.8 Å². The number of amides is 1. The highest BCUT2D eigenvalue weighted by Crippen LogP contribution is 2.27. The van der Waals surface area contributed by atoms with Crippen LogP contribution < -0.4 is 21.7 Å². The predicted octanol–water partition coefficient (Wildman–Crippen LogP) is 7.32. The highest BCUT2D eigenvalue weighted by Gasteiger charge is 2.22. The zero-order valence-corrected chi connectivity index (χ0v) is 26.7. The third kappa shape index (κ3) is 14.6. The number of carboxylic acid groups (broad SMARTS) is 1. The second kappa shape index (κ2) is 18.3. The summed E-state index contributed by atoms with van der Waals surface area (Å²) in [6.07, 6.45) is 1.78. The van der Waals surface area contributed by atoms with Crippen LogP contribution in [-0.2, 0) is 4.74 Å². The summed E-state index contributed by atoms with van der Waals surface area (Å²) in [6.45, 7) is 4.05. The highest BCUT2D eigenvalue weighted by molar-refractivity contribution is 6.37. The number of nitrogens with two attached hydrogens (primary N) is 1. The molecule has 230 valence electrons. The monoisotopic (exact) mass is 689 g/mol. The van der Waals surface area contributed by atoms with Gasteiger partial charge in [0.2, 0.25) is 17.2 Å². The van der Waals surface area contributed by atoms with E-state index in [9.17, 15) is 9.59 Å². The molecule has 1 aliphatic rings. The first kappa shape index (κ1) is 35.8. The minimum absolute atomic E-state index is 0.0130. The van der Waals surface area contributed by atoms with Gasteiger partial charge in [-0.2, -0.15) is 15.0 Å². The molecule has 4 rings (SSSR count). The van der Waals surface area contributed by atoms with Gasteiger partial charge in [0.1, 0.15) is 0 Å². The number of carbonyl (C=O) groups is 2. The normalized spacial score (nSPS) is 11.4.